The number of nitrogens with zero attached hydrogens (tertiary/aromatic N) is 4. The second-order valence-electron chi connectivity index (χ2n) is 7.17. The van der Waals surface area contributed by atoms with Gasteiger partial charge in [-0.2, -0.15) is 18.3 Å². The maximum absolute atomic E-state index is 13.1. The quantitative estimate of drug-likeness (QED) is 0.845. The number of fused-ring (bicyclic) bond motifs is 1. The number of sulfonamides is 1. The largest absolute Gasteiger partial charge is 0.419 e. The number of piperidine rings is 1. The molecule has 3 heterocycles. The van der Waals surface area contributed by atoms with Crippen molar-refractivity contribution < 1.29 is 21.6 Å². The van der Waals surface area contributed by atoms with Crippen molar-refractivity contribution in [3.8, 4) is 11.3 Å². The summed E-state index contributed by atoms with van der Waals surface area (Å²) in [6, 6.07) is 2.70. The first kappa shape index (κ1) is 18.2. The molecule has 2 fully saturated rings. The average molecular weight is 401 g/mol. The molecule has 146 valence electrons. The van der Waals surface area contributed by atoms with Crippen LogP contribution in [0, 0.1) is 11.8 Å². The Morgan fingerprint density at radius 3 is 2.41 bits per heavy atom. The molecular weight excluding hydrogens is 383 g/mol. The molecule has 0 bridgehead atoms. The Morgan fingerprint density at radius 1 is 1.22 bits per heavy atom. The summed E-state index contributed by atoms with van der Waals surface area (Å²) in [5, 5.41) is 4.33. The van der Waals surface area contributed by atoms with Crippen molar-refractivity contribution in [1.82, 2.24) is 19.1 Å². The van der Waals surface area contributed by atoms with E-state index in [-0.39, 0.29) is 23.3 Å². The minimum absolute atomic E-state index is 0.165. The first-order chi connectivity index (χ1) is 12.5. The lowest BCUT2D eigenvalue weighted by atomic mass is 10.1. The standard InChI is InChI=1S/C16H18F3N5O2S/c1-23-13(14-9-6-24(7-10(9)14)27(2,25)26)4-12(22-23)8-3-11(16(17,18)19)15(20)21-5-8/h3-5,9-10,14H,6-7H2,1-2H3,(H2,20,21)/t9-,10+,14?. The minimum Gasteiger partial charge on any atom is -0.383 e. The number of rotatable bonds is 3. The van der Waals surface area contributed by atoms with E-state index >= 15 is 0 Å². The van der Waals surface area contributed by atoms with Crippen molar-refractivity contribution in [1.29, 1.82) is 0 Å². The molecule has 0 radical (unpaired) electrons. The molecule has 2 aliphatic rings. The van der Waals surface area contributed by atoms with Gasteiger partial charge >= 0.3 is 6.18 Å². The SMILES string of the molecule is Cn1nc(-c2cnc(N)c(C(F)(F)F)c2)cc1C1[C@H]2CN(S(C)(=O)=O)C[C@@H]12. The molecule has 27 heavy (non-hydrogen) atoms. The molecular formula is C16H18F3N5O2S. The fourth-order valence-electron chi connectivity index (χ4n) is 3.97. The van der Waals surface area contributed by atoms with E-state index in [1.54, 1.807) is 17.8 Å². The van der Waals surface area contributed by atoms with Crippen LogP contribution < -0.4 is 5.73 Å². The number of anilines is 1. The van der Waals surface area contributed by atoms with Crippen LogP contribution in [0.4, 0.5) is 19.0 Å². The van der Waals surface area contributed by atoms with E-state index in [4.69, 9.17) is 5.73 Å². The van der Waals surface area contributed by atoms with Gasteiger partial charge in [-0.1, -0.05) is 0 Å². The van der Waals surface area contributed by atoms with Crippen LogP contribution in [0.3, 0.4) is 0 Å². The van der Waals surface area contributed by atoms with E-state index in [1.165, 1.54) is 16.8 Å². The molecule has 2 aromatic rings. The van der Waals surface area contributed by atoms with E-state index in [0.29, 0.717) is 18.8 Å². The third-order valence-corrected chi connectivity index (χ3v) is 6.64. The Hall–Kier alpha value is -2.14. The van der Waals surface area contributed by atoms with Gasteiger partial charge in [-0.25, -0.2) is 17.7 Å². The average Bonchev–Trinajstić information content (AvgIpc) is 2.90. The molecule has 1 unspecified atom stereocenters. The maximum atomic E-state index is 13.1. The smallest absolute Gasteiger partial charge is 0.383 e. The van der Waals surface area contributed by atoms with Crippen LogP contribution in [-0.2, 0) is 23.2 Å². The van der Waals surface area contributed by atoms with Crippen molar-refractivity contribution >= 4 is 15.8 Å². The fourth-order valence-corrected chi connectivity index (χ4v) is 4.86. The van der Waals surface area contributed by atoms with E-state index in [1.807, 2.05) is 0 Å². The predicted molar refractivity (Wildman–Crippen MR) is 92.0 cm³/mol. The number of hydrogen-bond acceptors (Lipinski definition) is 5. The number of halogens is 3. The lowest BCUT2D eigenvalue weighted by Gasteiger charge is -2.16. The Labute approximate surface area is 154 Å². The van der Waals surface area contributed by atoms with Crippen LogP contribution in [0.2, 0.25) is 0 Å². The second kappa shape index (κ2) is 5.68. The highest BCUT2D eigenvalue weighted by molar-refractivity contribution is 7.88. The normalized spacial score (nSPS) is 25.6. The molecule has 0 amide bonds. The summed E-state index contributed by atoms with van der Waals surface area (Å²) in [4.78, 5) is 3.65. The molecule has 11 heteroatoms. The predicted octanol–water partition coefficient (Wildman–Crippen LogP) is 1.69. The number of nitrogen functional groups attached to an aromatic ring is 1. The highest BCUT2D eigenvalue weighted by atomic mass is 32.2. The molecule has 1 aliphatic heterocycles. The Bertz CT molecular complexity index is 1010. The zero-order chi connectivity index (χ0) is 19.7. The summed E-state index contributed by atoms with van der Waals surface area (Å²) < 4.78 is 65.6. The van der Waals surface area contributed by atoms with E-state index in [0.717, 1.165) is 11.8 Å². The molecule has 0 aromatic carbocycles. The first-order valence-corrected chi connectivity index (χ1v) is 10.1. The van der Waals surface area contributed by atoms with E-state index in [2.05, 4.69) is 10.1 Å². The fraction of sp³-hybridized carbons (Fsp3) is 0.500. The monoisotopic (exact) mass is 401 g/mol. The van der Waals surface area contributed by atoms with Gasteiger partial charge in [0.25, 0.3) is 0 Å². The van der Waals surface area contributed by atoms with Gasteiger partial charge in [0.05, 0.1) is 17.5 Å². The van der Waals surface area contributed by atoms with Crippen LogP contribution in [0.1, 0.15) is 17.2 Å². The Balaban J connectivity index is 1.60. The number of hydrogen-bond donors (Lipinski definition) is 1. The number of aromatic nitrogens is 3. The third kappa shape index (κ3) is 3.08. The van der Waals surface area contributed by atoms with Crippen LogP contribution in [0.5, 0.6) is 0 Å². The second-order valence-corrected chi connectivity index (χ2v) is 9.15. The van der Waals surface area contributed by atoms with E-state index < -0.39 is 27.6 Å². The van der Waals surface area contributed by atoms with Crippen LogP contribution >= 0.6 is 0 Å². The van der Waals surface area contributed by atoms with Crippen molar-refractivity contribution in [3.63, 3.8) is 0 Å². The number of aryl methyl sites for hydroxylation is 1. The molecule has 2 aromatic heterocycles. The Kier molecular flexibility index (Phi) is 3.83. The zero-order valence-corrected chi connectivity index (χ0v) is 15.4. The summed E-state index contributed by atoms with van der Waals surface area (Å²) in [6.45, 7) is 0.937. The molecule has 7 nitrogen and oxygen atoms in total. The highest BCUT2D eigenvalue weighted by Gasteiger charge is 2.59. The van der Waals surface area contributed by atoms with Crippen molar-refractivity contribution in [2.45, 2.75) is 12.1 Å². The van der Waals surface area contributed by atoms with Gasteiger partial charge in [0.1, 0.15) is 5.82 Å². The van der Waals surface area contributed by atoms with Gasteiger partial charge in [0, 0.05) is 43.5 Å². The molecule has 4 rings (SSSR count). The van der Waals surface area contributed by atoms with Crippen LogP contribution in [0.25, 0.3) is 11.3 Å². The number of nitrogens with two attached hydrogens (primary N) is 1. The first-order valence-electron chi connectivity index (χ1n) is 8.29. The summed E-state index contributed by atoms with van der Waals surface area (Å²) >= 11 is 0. The van der Waals surface area contributed by atoms with Gasteiger partial charge < -0.3 is 5.73 Å². The van der Waals surface area contributed by atoms with Gasteiger partial charge in [0.2, 0.25) is 10.0 Å². The van der Waals surface area contributed by atoms with Crippen molar-refractivity contribution in [2.75, 3.05) is 25.1 Å². The summed E-state index contributed by atoms with van der Waals surface area (Å²) in [5.41, 5.74) is 5.87. The maximum Gasteiger partial charge on any atom is 0.419 e. The molecule has 3 atom stereocenters. The summed E-state index contributed by atoms with van der Waals surface area (Å²) in [6.07, 6.45) is -2.12. The molecule has 1 saturated heterocycles. The summed E-state index contributed by atoms with van der Waals surface area (Å²) in [7, 11) is -1.46. The molecule has 0 spiro atoms. The van der Waals surface area contributed by atoms with Crippen LogP contribution in [-0.4, -0.2) is 46.8 Å². The van der Waals surface area contributed by atoms with Gasteiger partial charge in [-0.05, 0) is 24.0 Å². The lowest BCUT2D eigenvalue weighted by Crippen LogP contribution is -2.30. The highest BCUT2D eigenvalue weighted by Crippen LogP contribution is 2.58. The van der Waals surface area contributed by atoms with Crippen LogP contribution in [0.15, 0.2) is 18.3 Å². The zero-order valence-electron chi connectivity index (χ0n) is 14.6. The minimum atomic E-state index is -4.59. The van der Waals surface area contributed by atoms with Crippen molar-refractivity contribution in [2.24, 2.45) is 18.9 Å². The summed E-state index contributed by atoms with van der Waals surface area (Å²) in [5.74, 6) is 0.0366. The van der Waals surface area contributed by atoms with E-state index in [9.17, 15) is 21.6 Å². The van der Waals surface area contributed by atoms with Crippen molar-refractivity contribution in [3.05, 3.63) is 29.6 Å². The Morgan fingerprint density at radius 2 is 1.85 bits per heavy atom. The molecule has 2 N–H and O–H groups in total. The molecule has 1 saturated carbocycles. The number of alkyl halides is 3. The third-order valence-electron chi connectivity index (χ3n) is 5.41. The van der Waals surface area contributed by atoms with Gasteiger partial charge in [-0.15, -0.1) is 0 Å². The lowest BCUT2D eigenvalue weighted by molar-refractivity contribution is -0.137. The van der Waals surface area contributed by atoms with Gasteiger partial charge in [0.15, 0.2) is 0 Å². The van der Waals surface area contributed by atoms with Gasteiger partial charge in [-0.3, -0.25) is 4.68 Å². The molecule has 1 aliphatic carbocycles. The number of pyridine rings is 1. The topological polar surface area (TPSA) is 94.1 Å².